The van der Waals surface area contributed by atoms with Crippen molar-refractivity contribution in [3.05, 3.63) is 27.7 Å². The van der Waals surface area contributed by atoms with Crippen LogP contribution in [0.2, 0.25) is 5.02 Å². The first-order valence-corrected chi connectivity index (χ1v) is 7.22. The van der Waals surface area contributed by atoms with Gasteiger partial charge in [-0.3, -0.25) is 0 Å². The quantitative estimate of drug-likeness (QED) is 0.787. The van der Waals surface area contributed by atoms with Gasteiger partial charge >= 0.3 is 0 Å². The molecule has 0 saturated carbocycles. The van der Waals surface area contributed by atoms with E-state index < -0.39 is 10.0 Å². The van der Waals surface area contributed by atoms with Crippen molar-refractivity contribution < 1.29 is 8.42 Å². The van der Waals surface area contributed by atoms with E-state index in [1.165, 1.54) is 0 Å². The fourth-order valence-electron chi connectivity index (χ4n) is 1.12. The van der Waals surface area contributed by atoms with Crippen molar-refractivity contribution >= 4 is 50.0 Å². The smallest absolute Gasteiger partial charge is 0.243 e. The molecule has 0 aliphatic rings. The summed E-state index contributed by atoms with van der Waals surface area (Å²) in [6.45, 7) is 0.873. The molecule has 1 aromatic carbocycles. The SMILES string of the molecule is CNCCNS(=O)(=O)c1c(Cl)cccc1Br.Cl. The van der Waals surface area contributed by atoms with Crippen LogP contribution in [-0.4, -0.2) is 28.6 Å². The summed E-state index contributed by atoms with van der Waals surface area (Å²) in [5.41, 5.74) is 0. The third kappa shape index (κ3) is 4.73. The summed E-state index contributed by atoms with van der Waals surface area (Å²) in [4.78, 5) is 0.0766. The number of hydrogen-bond donors (Lipinski definition) is 2. The van der Waals surface area contributed by atoms with Crippen LogP contribution in [0.3, 0.4) is 0 Å². The van der Waals surface area contributed by atoms with Gasteiger partial charge < -0.3 is 5.32 Å². The molecule has 17 heavy (non-hydrogen) atoms. The van der Waals surface area contributed by atoms with Gasteiger partial charge in [-0.2, -0.15) is 0 Å². The van der Waals surface area contributed by atoms with Gasteiger partial charge in [-0.05, 0) is 35.1 Å². The maximum Gasteiger partial charge on any atom is 0.243 e. The van der Waals surface area contributed by atoms with Gasteiger partial charge in [-0.1, -0.05) is 17.7 Å². The fourth-order valence-corrected chi connectivity index (χ4v) is 3.89. The zero-order valence-electron chi connectivity index (χ0n) is 9.04. The molecule has 0 aliphatic carbocycles. The predicted octanol–water partition coefficient (Wildman–Crippen LogP) is 2.02. The first-order valence-electron chi connectivity index (χ1n) is 4.57. The van der Waals surface area contributed by atoms with Crippen molar-refractivity contribution in [1.29, 1.82) is 0 Å². The average Bonchev–Trinajstić information content (AvgIpc) is 2.17. The summed E-state index contributed by atoms with van der Waals surface area (Å²) in [6.07, 6.45) is 0. The van der Waals surface area contributed by atoms with Gasteiger partial charge in [0.2, 0.25) is 10.0 Å². The van der Waals surface area contributed by atoms with Crippen LogP contribution in [0.25, 0.3) is 0 Å². The average molecular weight is 364 g/mol. The van der Waals surface area contributed by atoms with Crippen LogP contribution in [0.15, 0.2) is 27.6 Å². The van der Waals surface area contributed by atoms with Crippen LogP contribution >= 0.6 is 39.9 Å². The van der Waals surface area contributed by atoms with Gasteiger partial charge in [0.15, 0.2) is 0 Å². The second kappa shape index (κ2) is 7.56. The number of benzene rings is 1. The first-order chi connectivity index (χ1) is 7.49. The van der Waals surface area contributed by atoms with Crippen LogP contribution in [0.5, 0.6) is 0 Å². The normalized spacial score (nSPS) is 11.0. The van der Waals surface area contributed by atoms with E-state index in [2.05, 4.69) is 26.0 Å². The molecular formula is C9H13BrCl2N2O2S. The molecule has 0 unspecified atom stereocenters. The Morgan fingerprint density at radius 1 is 1.35 bits per heavy atom. The number of sulfonamides is 1. The van der Waals surface area contributed by atoms with E-state index >= 15 is 0 Å². The molecule has 0 spiro atoms. The number of hydrogen-bond acceptors (Lipinski definition) is 3. The summed E-state index contributed by atoms with van der Waals surface area (Å²) in [5.74, 6) is 0. The van der Waals surface area contributed by atoms with Crippen molar-refractivity contribution in [2.45, 2.75) is 4.90 Å². The molecule has 0 radical (unpaired) electrons. The fraction of sp³-hybridized carbons (Fsp3) is 0.333. The highest BCUT2D eigenvalue weighted by Gasteiger charge is 2.20. The Balaban J connectivity index is 0.00000256. The Hall–Kier alpha value is 0.150. The van der Waals surface area contributed by atoms with E-state index in [0.29, 0.717) is 17.6 Å². The van der Waals surface area contributed by atoms with Crippen molar-refractivity contribution in [3.8, 4) is 0 Å². The van der Waals surface area contributed by atoms with E-state index in [0.717, 1.165) is 0 Å². The van der Waals surface area contributed by atoms with Crippen LogP contribution < -0.4 is 10.0 Å². The van der Waals surface area contributed by atoms with E-state index in [1.807, 2.05) is 0 Å². The third-order valence-electron chi connectivity index (χ3n) is 1.85. The van der Waals surface area contributed by atoms with E-state index in [9.17, 15) is 8.42 Å². The summed E-state index contributed by atoms with van der Waals surface area (Å²) in [5, 5.41) is 3.05. The lowest BCUT2D eigenvalue weighted by Gasteiger charge is -2.09. The molecule has 1 aromatic rings. The largest absolute Gasteiger partial charge is 0.318 e. The second-order valence-electron chi connectivity index (χ2n) is 3.05. The third-order valence-corrected chi connectivity index (χ3v) is 4.77. The van der Waals surface area contributed by atoms with E-state index in [-0.39, 0.29) is 22.3 Å². The molecule has 4 nitrogen and oxygen atoms in total. The molecule has 0 atom stereocenters. The Bertz CT molecular complexity index is 448. The summed E-state index contributed by atoms with van der Waals surface area (Å²) in [7, 11) is -1.81. The Labute approximate surface area is 121 Å². The highest BCUT2D eigenvalue weighted by Crippen LogP contribution is 2.28. The summed E-state index contributed by atoms with van der Waals surface area (Å²) in [6, 6.07) is 4.86. The monoisotopic (exact) mass is 362 g/mol. The van der Waals surface area contributed by atoms with Gasteiger partial charge in [-0.25, -0.2) is 13.1 Å². The summed E-state index contributed by atoms with van der Waals surface area (Å²) < 4.78 is 26.7. The second-order valence-corrected chi connectivity index (χ2v) is 6.02. The number of nitrogens with one attached hydrogen (secondary N) is 2. The van der Waals surface area contributed by atoms with E-state index in [4.69, 9.17) is 11.6 Å². The zero-order valence-corrected chi connectivity index (χ0v) is 13.0. The minimum atomic E-state index is -3.56. The number of rotatable bonds is 5. The lowest BCUT2D eigenvalue weighted by Crippen LogP contribution is -2.30. The van der Waals surface area contributed by atoms with E-state index in [1.54, 1.807) is 25.2 Å². The standard InChI is InChI=1S/C9H12BrClN2O2S.ClH/c1-12-5-6-13-16(14,15)9-7(10)3-2-4-8(9)11;/h2-4,12-13H,5-6H2,1H3;1H. The molecule has 0 aliphatic heterocycles. The topological polar surface area (TPSA) is 58.2 Å². The molecule has 0 aromatic heterocycles. The maximum absolute atomic E-state index is 11.9. The lowest BCUT2D eigenvalue weighted by atomic mass is 10.4. The molecule has 1 rings (SSSR count). The van der Waals surface area contributed by atoms with Gasteiger partial charge in [0.05, 0.1) is 5.02 Å². The molecule has 0 amide bonds. The molecule has 0 bridgehead atoms. The lowest BCUT2D eigenvalue weighted by molar-refractivity contribution is 0.579. The molecule has 0 fully saturated rings. The zero-order chi connectivity index (χ0) is 12.2. The Kier molecular flexibility index (Phi) is 7.62. The van der Waals surface area contributed by atoms with Crippen LogP contribution in [0, 0.1) is 0 Å². The van der Waals surface area contributed by atoms with Gasteiger partial charge in [0.25, 0.3) is 0 Å². The van der Waals surface area contributed by atoms with Crippen LogP contribution in [-0.2, 0) is 10.0 Å². The predicted molar refractivity (Wildman–Crippen MR) is 75.5 cm³/mol. The van der Waals surface area contributed by atoms with Crippen molar-refractivity contribution in [1.82, 2.24) is 10.0 Å². The summed E-state index contributed by atoms with van der Waals surface area (Å²) >= 11 is 9.03. The van der Waals surface area contributed by atoms with Gasteiger partial charge in [0, 0.05) is 17.6 Å². The van der Waals surface area contributed by atoms with Gasteiger partial charge in [-0.15, -0.1) is 12.4 Å². The molecule has 8 heteroatoms. The number of likely N-dealkylation sites (N-methyl/N-ethyl adjacent to an activating group) is 1. The minimum absolute atomic E-state index is 0. The van der Waals surface area contributed by atoms with Crippen molar-refractivity contribution in [2.75, 3.05) is 20.1 Å². The Morgan fingerprint density at radius 2 is 2.00 bits per heavy atom. The highest BCUT2D eigenvalue weighted by molar-refractivity contribution is 9.10. The Morgan fingerprint density at radius 3 is 2.53 bits per heavy atom. The molecule has 0 heterocycles. The van der Waals surface area contributed by atoms with Crippen molar-refractivity contribution in [2.24, 2.45) is 0 Å². The van der Waals surface area contributed by atoms with Crippen LogP contribution in [0.1, 0.15) is 0 Å². The molecule has 2 N–H and O–H groups in total. The highest BCUT2D eigenvalue weighted by atomic mass is 79.9. The maximum atomic E-state index is 11.9. The van der Waals surface area contributed by atoms with Crippen LogP contribution in [0.4, 0.5) is 0 Å². The van der Waals surface area contributed by atoms with Gasteiger partial charge in [0.1, 0.15) is 4.90 Å². The molecule has 0 saturated heterocycles. The first kappa shape index (κ1) is 17.2. The minimum Gasteiger partial charge on any atom is -0.318 e. The molecular weight excluding hydrogens is 351 g/mol. The number of halogens is 3. The molecule has 98 valence electrons. The van der Waals surface area contributed by atoms with Crippen molar-refractivity contribution in [3.63, 3.8) is 0 Å².